The fourth-order valence-electron chi connectivity index (χ4n) is 3.55. The minimum atomic E-state index is -0.169. The van der Waals surface area contributed by atoms with Gasteiger partial charge in [-0.2, -0.15) is 0 Å². The van der Waals surface area contributed by atoms with Gasteiger partial charge in [0.25, 0.3) is 5.91 Å². The van der Waals surface area contributed by atoms with Crippen molar-refractivity contribution >= 4 is 11.7 Å². The Balaban J connectivity index is 1.71. The molecule has 3 N–H and O–H groups in total. The highest BCUT2D eigenvalue weighted by atomic mass is 16.2. The maximum atomic E-state index is 12.4. The predicted molar refractivity (Wildman–Crippen MR) is 90.5 cm³/mol. The molecule has 0 spiro atoms. The summed E-state index contributed by atoms with van der Waals surface area (Å²) in [7, 11) is 0. The molecule has 1 aliphatic carbocycles. The molecule has 6 heteroatoms. The van der Waals surface area contributed by atoms with Crippen LogP contribution in [0.3, 0.4) is 0 Å². The van der Waals surface area contributed by atoms with Gasteiger partial charge in [0.2, 0.25) is 5.82 Å². The second kappa shape index (κ2) is 6.43. The fraction of sp³-hybridized carbons (Fsp3) is 0.706. The minimum Gasteiger partial charge on any atom is -0.355 e. The summed E-state index contributed by atoms with van der Waals surface area (Å²) < 4.78 is 0. The Kier molecular flexibility index (Phi) is 4.53. The van der Waals surface area contributed by atoms with Crippen LogP contribution in [0.15, 0.2) is 0 Å². The van der Waals surface area contributed by atoms with E-state index in [1.165, 1.54) is 12.8 Å². The van der Waals surface area contributed by atoms with Gasteiger partial charge in [0.15, 0.2) is 0 Å². The fourth-order valence-corrected chi connectivity index (χ4v) is 3.55. The summed E-state index contributed by atoms with van der Waals surface area (Å²) in [6.07, 6.45) is 3.36. The number of hydrogen-bond acceptors (Lipinski definition) is 5. The van der Waals surface area contributed by atoms with E-state index in [0.717, 1.165) is 49.0 Å². The van der Waals surface area contributed by atoms with E-state index in [4.69, 9.17) is 5.73 Å². The predicted octanol–water partition coefficient (Wildman–Crippen LogP) is 1.41. The molecule has 1 saturated carbocycles. The number of carbonyl (C=O) groups is 1. The van der Waals surface area contributed by atoms with Crippen molar-refractivity contribution in [2.24, 2.45) is 17.6 Å². The van der Waals surface area contributed by atoms with Crippen molar-refractivity contribution in [2.45, 2.75) is 46.1 Å². The molecule has 3 rings (SSSR count). The number of anilines is 1. The number of aryl methyl sites for hydroxylation is 1. The van der Waals surface area contributed by atoms with Crippen molar-refractivity contribution in [3.8, 4) is 0 Å². The highest BCUT2D eigenvalue weighted by Gasteiger charge is 2.27. The Morgan fingerprint density at radius 1 is 1.35 bits per heavy atom. The van der Waals surface area contributed by atoms with Crippen LogP contribution in [0.2, 0.25) is 0 Å². The van der Waals surface area contributed by atoms with E-state index in [0.29, 0.717) is 5.92 Å². The van der Waals surface area contributed by atoms with E-state index in [1.807, 2.05) is 13.8 Å². The molecule has 1 saturated heterocycles. The Bertz CT molecular complexity index is 597. The lowest BCUT2D eigenvalue weighted by molar-refractivity contribution is 0.0917. The number of carbonyl (C=O) groups excluding carboxylic acids is 1. The van der Waals surface area contributed by atoms with E-state index < -0.39 is 0 Å². The van der Waals surface area contributed by atoms with Crippen LogP contribution in [0.4, 0.5) is 5.82 Å². The standard InChI is InChI=1S/C17H27N5O/c1-10-6-13(7-10)8-19-17(23)15-20-12(3)11(2)16(21-15)22-5-4-14(18)9-22/h10,13-14H,4-9,18H2,1-3H3,(H,19,23)/t10?,13?,14-/m1/s1. The number of nitrogens with two attached hydrogens (primary N) is 1. The van der Waals surface area contributed by atoms with Crippen molar-refractivity contribution in [1.29, 1.82) is 0 Å². The summed E-state index contributed by atoms with van der Waals surface area (Å²) in [6.45, 7) is 8.59. The molecule has 0 bridgehead atoms. The molecular formula is C17H27N5O. The molecule has 0 radical (unpaired) electrons. The number of hydrogen-bond donors (Lipinski definition) is 2. The number of nitrogens with one attached hydrogen (secondary N) is 1. The highest BCUT2D eigenvalue weighted by Crippen LogP contribution is 2.32. The number of aromatic nitrogens is 2. The van der Waals surface area contributed by atoms with Crippen LogP contribution < -0.4 is 16.0 Å². The average Bonchev–Trinajstić information content (AvgIpc) is 2.91. The van der Waals surface area contributed by atoms with Gasteiger partial charge in [-0.15, -0.1) is 0 Å². The molecular weight excluding hydrogens is 290 g/mol. The summed E-state index contributed by atoms with van der Waals surface area (Å²) in [6, 6.07) is 0.183. The van der Waals surface area contributed by atoms with Crippen molar-refractivity contribution < 1.29 is 4.79 Å². The quantitative estimate of drug-likeness (QED) is 0.877. The first kappa shape index (κ1) is 16.2. The van der Waals surface area contributed by atoms with Gasteiger partial charge in [-0.1, -0.05) is 6.92 Å². The molecule has 1 atom stereocenters. The van der Waals surface area contributed by atoms with Gasteiger partial charge in [-0.3, -0.25) is 4.79 Å². The zero-order valence-corrected chi connectivity index (χ0v) is 14.3. The Labute approximate surface area is 137 Å². The molecule has 1 aliphatic heterocycles. The second-order valence-corrected chi connectivity index (χ2v) is 7.23. The van der Waals surface area contributed by atoms with E-state index >= 15 is 0 Å². The molecule has 0 aromatic carbocycles. The van der Waals surface area contributed by atoms with Crippen molar-refractivity contribution in [3.63, 3.8) is 0 Å². The van der Waals surface area contributed by atoms with E-state index in [9.17, 15) is 4.79 Å². The van der Waals surface area contributed by atoms with E-state index in [2.05, 4.69) is 27.1 Å². The summed E-state index contributed by atoms with van der Waals surface area (Å²) in [5.74, 6) is 2.36. The first-order valence-electron chi connectivity index (χ1n) is 8.58. The van der Waals surface area contributed by atoms with Crippen molar-refractivity contribution in [2.75, 3.05) is 24.5 Å². The van der Waals surface area contributed by atoms with Crippen LogP contribution in [0, 0.1) is 25.7 Å². The van der Waals surface area contributed by atoms with Gasteiger partial charge in [0, 0.05) is 36.9 Å². The molecule has 2 heterocycles. The summed E-state index contributed by atoms with van der Waals surface area (Å²) in [5.41, 5.74) is 7.89. The maximum Gasteiger partial charge on any atom is 0.289 e. The Morgan fingerprint density at radius 2 is 2.09 bits per heavy atom. The largest absolute Gasteiger partial charge is 0.355 e. The summed E-state index contributed by atoms with van der Waals surface area (Å²) >= 11 is 0. The lowest BCUT2D eigenvalue weighted by atomic mass is 9.76. The van der Waals surface area contributed by atoms with E-state index in [1.54, 1.807) is 0 Å². The first-order chi connectivity index (χ1) is 10.9. The topological polar surface area (TPSA) is 84.1 Å². The Hall–Kier alpha value is -1.69. The molecule has 0 unspecified atom stereocenters. The zero-order chi connectivity index (χ0) is 16.6. The van der Waals surface area contributed by atoms with Gasteiger partial charge < -0.3 is 16.0 Å². The van der Waals surface area contributed by atoms with Crippen LogP contribution in [0.5, 0.6) is 0 Å². The highest BCUT2D eigenvalue weighted by molar-refractivity contribution is 5.91. The molecule has 1 amide bonds. The molecule has 1 aromatic rings. The lowest BCUT2D eigenvalue weighted by Crippen LogP contribution is -2.36. The minimum absolute atomic E-state index is 0.169. The smallest absolute Gasteiger partial charge is 0.289 e. The first-order valence-corrected chi connectivity index (χ1v) is 8.58. The van der Waals surface area contributed by atoms with Crippen LogP contribution in [0.1, 0.15) is 48.1 Å². The lowest BCUT2D eigenvalue weighted by Gasteiger charge is -2.32. The van der Waals surface area contributed by atoms with Gasteiger partial charge in [0.05, 0.1) is 0 Å². The third kappa shape index (κ3) is 3.47. The van der Waals surface area contributed by atoms with Crippen molar-refractivity contribution in [3.05, 3.63) is 17.1 Å². The molecule has 126 valence electrons. The number of nitrogens with zero attached hydrogens (tertiary/aromatic N) is 3. The van der Waals surface area contributed by atoms with E-state index in [-0.39, 0.29) is 17.8 Å². The van der Waals surface area contributed by atoms with Gasteiger partial charge in [-0.25, -0.2) is 9.97 Å². The molecule has 23 heavy (non-hydrogen) atoms. The molecule has 2 aliphatic rings. The van der Waals surface area contributed by atoms with Gasteiger partial charge in [0.1, 0.15) is 5.82 Å². The summed E-state index contributed by atoms with van der Waals surface area (Å²) in [4.78, 5) is 23.5. The zero-order valence-electron chi connectivity index (χ0n) is 14.3. The molecule has 2 fully saturated rings. The van der Waals surface area contributed by atoms with Crippen LogP contribution in [-0.2, 0) is 0 Å². The SMILES string of the molecule is Cc1nc(C(=O)NCC2CC(C)C2)nc(N2CC[C@@H](N)C2)c1C. The van der Waals surface area contributed by atoms with Crippen molar-refractivity contribution in [1.82, 2.24) is 15.3 Å². The van der Waals surface area contributed by atoms with Crippen LogP contribution >= 0.6 is 0 Å². The monoisotopic (exact) mass is 317 g/mol. The third-order valence-electron chi connectivity index (χ3n) is 5.11. The van der Waals surface area contributed by atoms with Crippen LogP contribution in [-0.4, -0.2) is 41.6 Å². The summed E-state index contributed by atoms with van der Waals surface area (Å²) in [5, 5.41) is 2.99. The van der Waals surface area contributed by atoms with Gasteiger partial charge in [-0.05, 0) is 44.9 Å². The average molecular weight is 317 g/mol. The number of amides is 1. The van der Waals surface area contributed by atoms with Crippen LogP contribution in [0.25, 0.3) is 0 Å². The third-order valence-corrected chi connectivity index (χ3v) is 5.11. The number of rotatable bonds is 4. The maximum absolute atomic E-state index is 12.4. The second-order valence-electron chi connectivity index (χ2n) is 7.23. The molecule has 6 nitrogen and oxygen atoms in total. The normalized spacial score (nSPS) is 27.0. The molecule has 1 aromatic heterocycles. The Morgan fingerprint density at radius 3 is 2.70 bits per heavy atom. The van der Waals surface area contributed by atoms with Gasteiger partial charge >= 0.3 is 0 Å².